The second kappa shape index (κ2) is 11.0. The third-order valence-corrected chi connectivity index (χ3v) is 10.0. The first-order chi connectivity index (χ1) is 23.2. The molecule has 0 saturated carbocycles. The maximum Gasteiger partial charge on any atom is 0.0991 e. The van der Waals surface area contributed by atoms with Crippen LogP contribution < -0.4 is 0 Å². The average molecular weight is 616 g/mol. The molecule has 0 aliphatic rings. The standard InChI is InChI=1S/C43H25N3S/c44-26-27-6-4-9-33(24-27)28-12-14-29(15-13-28)35-10-5-11-40-41(35)36-25-34(20-23-39(36)47-40)38-22-19-32-17-16-31-18-21-37(30-7-2-1-3-8-30)45-42(31)43(32)46-38/h1-25H. The number of pyridine rings is 2. The Morgan fingerprint density at radius 1 is 0.468 bits per heavy atom. The molecule has 0 saturated heterocycles. The Morgan fingerprint density at radius 2 is 1.11 bits per heavy atom. The first-order valence-corrected chi connectivity index (χ1v) is 16.4. The molecule has 0 spiro atoms. The highest BCUT2D eigenvalue weighted by molar-refractivity contribution is 7.26. The van der Waals surface area contributed by atoms with Crippen LogP contribution in [-0.4, -0.2) is 9.97 Å². The molecule has 0 amide bonds. The minimum atomic E-state index is 0.666. The van der Waals surface area contributed by atoms with E-state index in [1.807, 2.05) is 53.8 Å². The van der Waals surface area contributed by atoms with Crippen LogP contribution in [0.5, 0.6) is 0 Å². The van der Waals surface area contributed by atoms with Crippen molar-refractivity contribution in [2.24, 2.45) is 0 Å². The third kappa shape index (κ3) is 4.73. The molecule has 9 rings (SSSR count). The van der Waals surface area contributed by atoms with E-state index in [2.05, 4.69) is 115 Å². The van der Waals surface area contributed by atoms with Gasteiger partial charge in [0.2, 0.25) is 0 Å². The van der Waals surface area contributed by atoms with E-state index >= 15 is 0 Å². The van der Waals surface area contributed by atoms with Gasteiger partial charge in [-0.05, 0) is 64.7 Å². The predicted molar refractivity (Wildman–Crippen MR) is 196 cm³/mol. The molecule has 218 valence electrons. The maximum absolute atomic E-state index is 9.34. The van der Waals surface area contributed by atoms with Crippen molar-refractivity contribution in [3.63, 3.8) is 0 Å². The molecule has 0 atom stereocenters. The number of aromatic nitrogens is 2. The van der Waals surface area contributed by atoms with Crippen LogP contribution in [0.25, 0.3) is 86.7 Å². The first-order valence-electron chi connectivity index (χ1n) is 15.5. The Balaban J connectivity index is 1.16. The summed E-state index contributed by atoms with van der Waals surface area (Å²) < 4.78 is 2.51. The second-order valence-electron chi connectivity index (χ2n) is 11.7. The zero-order valence-electron chi connectivity index (χ0n) is 25.2. The quantitative estimate of drug-likeness (QED) is 0.185. The van der Waals surface area contributed by atoms with E-state index in [-0.39, 0.29) is 0 Å². The summed E-state index contributed by atoms with van der Waals surface area (Å²) in [5.74, 6) is 0. The largest absolute Gasteiger partial charge is 0.245 e. The summed E-state index contributed by atoms with van der Waals surface area (Å²) in [6.45, 7) is 0. The summed E-state index contributed by atoms with van der Waals surface area (Å²) in [5.41, 5.74) is 11.0. The van der Waals surface area contributed by atoms with Crippen molar-refractivity contribution in [2.75, 3.05) is 0 Å². The molecule has 3 heterocycles. The lowest BCUT2D eigenvalue weighted by Crippen LogP contribution is -1.91. The minimum absolute atomic E-state index is 0.666. The van der Waals surface area contributed by atoms with Gasteiger partial charge in [0.15, 0.2) is 0 Å². The monoisotopic (exact) mass is 615 g/mol. The Kier molecular flexibility index (Phi) is 6.38. The van der Waals surface area contributed by atoms with Gasteiger partial charge in [-0.3, -0.25) is 0 Å². The van der Waals surface area contributed by atoms with Crippen molar-refractivity contribution in [3.8, 4) is 50.8 Å². The molecule has 47 heavy (non-hydrogen) atoms. The zero-order valence-corrected chi connectivity index (χ0v) is 26.0. The number of benzene rings is 6. The zero-order chi connectivity index (χ0) is 31.3. The van der Waals surface area contributed by atoms with Crippen molar-refractivity contribution >= 4 is 53.3 Å². The second-order valence-corrected chi connectivity index (χ2v) is 12.8. The summed E-state index contributed by atoms with van der Waals surface area (Å²) >= 11 is 1.82. The van der Waals surface area contributed by atoms with Gasteiger partial charge in [-0.1, -0.05) is 109 Å². The molecule has 0 fully saturated rings. The third-order valence-electron chi connectivity index (χ3n) is 8.90. The van der Waals surface area contributed by atoms with Gasteiger partial charge in [0.05, 0.1) is 34.1 Å². The van der Waals surface area contributed by atoms with Crippen molar-refractivity contribution in [1.82, 2.24) is 9.97 Å². The van der Waals surface area contributed by atoms with Crippen LogP contribution in [-0.2, 0) is 0 Å². The number of nitriles is 1. The van der Waals surface area contributed by atoms with Gasteiger partial charge in [0.1, 0.15) is 0 Å². The van der Waals surface area contributed by atoms with Crippen LogP contribution >= 0.6 is 11.3 Å². The smallest absolute Gasteiger partial charge is 0.0991 e. The highest BCUT2D eigenvalue weighted by atomic mass is 32.1. The molecule has 0 unspecified atom stereocenters. The summed E-state index contributed by atoms with van der Waals surface area (Å²) in [6.07, 6.45) is 0. The number of thiophene rings is 1. The summed E-state index contributed by atoms with van der Waals surface area (Å²) in [4.78, 5) is 10.3. The van der Waals surface area contributed by atoms with E-state index in [1.165, 1.54) is 25.7 Å². The van der Waals surface area contributed by atoms with E-state index in [0.29, 0.717) is 5.56 Å². The molecule has 0 bridgehead atoms. The average Bonchev–Trinajstić information content (AvgIpc) is 3.53. The molecular formula is C43H25N3S. The topological polar surface area (TPSA) is 49.6 Å². The highest BCUT2D eigenvalue weighted by Gasteiger charge is 2.14. The lowest BCUT2D eigenvalue weighted by atomic mass is 9.96. The Hall–Kier alpha value is -6.15. The van der Waals surface area contributed by atoms with Crippen molar-refractivity contribution in [1.29, 1.82) is 5.26 Å². The van der Waals surface area contributed by atoms with E-state index in [1.54, 1.807) is 0 Å². The fourth-order valence-electron chi connectivity index (χ4n) is 6.54. The summed E-state index contributed by atoms with van der Waals surface area (Å²) in [5, 5.41) is 14.0. The van der Waals surface area contributed by atoms with E-state index in [4.69, 9.17) is 9.97 Å². The Labute approximate surface area is 275 Å². The predicted octanol–water partition coefficient (Wildman–Crippen LogP) is 11.7. The molecule has 0 aliphatic carbocycles. The number of nitrogens with zero attached hydrogens (tertiary/aromatic N) is 3. The van der Waals surface area contributed by atoms with E-state index in [0.717, 1.165) is 61.0 Å². The lowest BCUT2D eigenvalue weighted by Gasteiger charge is -2.09. The Bertz CT molecular complexity index is 2680. The molecule has 0 N–H and O–H groups in total. The SMILES string of the molecule is N#Cc1cccc(-c2ccc(-c3cccc4sc5ccc(-c6ccc7ccc8ccc(-c9ccccc9)nc8c7n6)cc5c34)cc2)c1. The van der Waals surface area contributed by atoms with Gasteiger partial charge >= 0.3 is 0 Å². The number of hydrogen-bond acceptors (Lipinski definition) is 4. The van der Waals surface area contributed by atoms with Gasteiger partial charge in [-0.15, -0.1) is 11.3 Å². The Morgan fingerprint density at radius 3 is 1.85 bits per heavy atom. The summed E-state index contributed by atoms with van der Waals surface area (Å²) in [7, 11) is 0. The number of fused-ring (bicyclic) bond motifs is 6. The van der Waals surface area contributed by atoms with Gasteiger partial charge < -0.3 is 0 Å². The van der Waals surface area contributed by atoms with Crippen LogP contribution in [0.1, 0.15) is 5.56 Å². The molecule has 3 aromatic heterocycles. The fraction of sp³-hybridized carbons (Fsp3) is 0. The van der Waals surface area contributed by atoms with Crippen LogP contribution in [0.2, 0.25) is 0 Å². The van der Waals surface area contributed by atoms with Gasteiger partial charge in [-0.25, -0.2) is 9.97 Å². The maximum atomic E-state index is 9.34. The molecule has 4 heteroatoms. The molecule has 6 aromatic carbocycles. The summed E-state index contributed by atoms with van der Waals surface area (Å²) in [6, 6.07) is 55.0. The van der Waals surface area contributed by atoms with Gasteiger partial charge in [-0.2, -0.15) is 5.26 Å². The number of rotatable bonds is 4. The molecule has 0 aliphatic heterocycles. The molecule has 9 aromatic rings. The number of hydrogen-bond donors (Lipinski definition) is 0. The van der Waals surface area contributed by atoms with Gasteiger partial charge in [0.25, 0.3) is 0 Å². The van der Waals surface area contributed by atoms with E-state index in [9.17, 15) is 5.26 Å². The fourth-order valence-corrected chi connectivity index (χ4v) is 7.65. The van der Waals surface area contributed by atoms with Crippen LogP contribution in [0.4, 0.5) is 0 Å². The normalized spacial score (nSPS) is 11.4. The molecule has 3 nitrogen and oxygen atoms in total. The minimum Gasteiger partial charge on any atom is -0.245 e. The van der Waals surface area contributed by atoms with Crippen molar-refractivity contribution in [3.05, 3.63) is 157 Å². The van der Waals surface area contributed by atoms with E-state index < -0.39 is 0 Å². The van der Waals surface area contributed by atoms with Crippen molar-refractivity contribution < 1.29 is 0 Å². The first kappa shape index (κ1) is 27.2. The van der Waals surface area contributed by atoms with Crippen LogP contribution in [0, 0.1) is 11.3 Å². The van der Waals surface area contributed by atoms with Crippen LogP contribution in [0.15, 0.2) is 152 Å². The lowest BCUT2D eigenvalue weighted by molar-refractivity contribution is 1.37. The van der Waals surface area contributed by atoms with Gasteiger partial charge in [0, 0.05) is 42.1 Å². The molecular weight excluding hydrogens is 591 g/mol. The van der Waals surface area contributed by atoms with Crippen LogP contribution in [0.3, 0.4) is 0 Å². The molecule has 0 radical (unpaired) electrons. The highest BCUT2D eigenvalue weighted by Crippen LogP contribution is 2.42. The van der Waals surface area contributed by atoms with Crippen molar-refractivity contribution in [2.45, 2.75) is 0 Å².